The van der Waals surface area contributed by atoms with Gasteiger partial charge in [0.05, 0.1) is 5.69 Å². The molecule has 0 aromatic heterocycles. The first-order valence-corrected chi connectivity index (χ1v) is 8.77. The lowest BCUT2D eigenvalue weighted by atomic mass is 10.2. The number of benzene rings is 1. The summed E-state index contributed by atoms with van der Waals surface area (Å²) in [5.74, 6) is -2.62. The summed E-state index contributed by atoms with van der Waals surface area (Å²) in [6.07, 6.45) is 0. The Kier molecular flexibility index (Phi) is 5.11. The van der Waals surface area contributed by atoms with Crippen molar-refractivity contribution in [2.24, 2.45) is 0 Å². The predicted molar refractivity (Wildman–Crippen MR) is 94.3 cm³/mol. The largest absolute Gasteiger partial charge is 0.366 e. The van der Waals surface area contributed by atoms with Crippen LogP contribution in [-0.4, -0.2) is 77.2 Å². The molecular formula is C18H21FN4O4. The molecule has 2 saturated heterocycles. The molecule has 2 aliphatic heterocycles. The fraction of sp³-hybridized carbons (Fsp3) is 0.444. The molecule has 0 bridgehead atoms. The van der Waals surface area contributed by atoms with Crippen molar-refractivity contribution in [2.75, 3.05) is 37.6 Å². The first kappa shape index (κ1) is 18.8. The van der Waals surface area contributed by atoms with Crippen molar-refractivity contribution in [3.63, 3.8) is 0 Å². The summed E-state index contributed by atoms with van der Waals surface area (Å²) in [5, 5.41) is 0. The molecule has 0 radical (unpaired) electrons. The van der Waals surface area contributed by atoms with Crippen LogP contribution in [0.3, 0.4) is 0 Å². The Labute approximate surface area is 156 Å². The second kappa shape index (κ2) is 7.34. The van der Waals surface area contributed by atoms with Crippen LogP contribution in [0.1, 0.15) is 13.8 Å². The van der Waals surface area contributed by atoms with Gasteiger partial charge in [-0.1, -0.05) is 12.1 Å². The zero-order valence-electron chi connectivity index (χ0n) is 15.2. The number of nitrogens with zero attached hydrogens (tertiary/aromatic N) is 4. The van der Waals surface area contributed by atoms with E-state index in [0.717, 1.165) is 4.90 Å². The summed E-state index contributed by atoms with van der Waals surface area (Å²) in [6.45, 7) is 4.33. The lowest BCUT2D eigenvalue weighted by Crippen LogP contribution is -2.52. The average molecular weight is 376 g/mol. The molecule has 5 amide bonds. The summed E-state index contributed by atoms with van der Waals surface area (Å²) in [4.78, 5) is 53.6. The number of imide groups is 2. The molecule has 0 aliphatic carbocycles. The molecule has 2 aliphatic rings. The molecule has 3 rings (SSSR count). The molecule has 0 unspecified atom stereocenters. The molecule has 8 nitrogen and oxygen atoms in total. The standard InChI is InChI=1S/C18H21FN4O4/c1-12(2)23-17(26)16(25)22(18(23)27)11-15(24)21-9-7-20(8-10-21)14-6-4-3-5-13(14)19/h3-6,12H,7-11H2,1-2H3. The van der Waals surface area contributed by atoms with E-state index >= 15 is 0 Å². The number of hydrogen-bond donors (Lipinski definition) is 0. The lowest BCUT2D eigenvalue weighted by molar-refractivity contribution is -0.145. The molecule has 0 spiro atoms. The maximum atomic E-state index is 13.9. The molecule has 0 N–H and O–H groups in total. The Morgan fingerprint density at radius 3 is 2.22 bits per heavy atom. The van der Waals surface area contributed by atoms with Gasteiger partial charge in [-0.15, -0.1) is 0 Å². The zero-order valence-corrected chi connectivity index (χ0v) is 15.2. The van der Waals surface area contributed by atoms with Gasteiger partial charge in [-0.25, -0.2) is 14.1 Å². The van der Waals surface area contributed by atoms with E-state index in [1.807, 2.05) is 4.90 Å². The molecule has 0 saturated carbocycles. The van der Waals surface area contributed by atoms with Crippen LogP contribution in [0.2, 0.25) is 0 Å². The van der Waals surface area contributed by atoms with E-state index in [4.69, 9.17) is 0 Å². The van der Waals surface area contributed by atoms with E-state index in [2.05, 4.69) is 0 Å². The van der Waals surface area contributed by atoms with Gasteiger partial charge in [-0.3, -0.25) is 19.3 Å². The topological polar surface area (TPSA) is 81.2 Å². The van der Waals surface area contributed by atoms with E-state index in [0.29, 0.717) is 36.8 Å². The summed E-state index contributed by atoms with van der Waals surface area (Å²) in [6, 6.07) is 5.20. The molecule has 2 heterocycles. The van der Waals surface area contributed by atoms with Crippen LogP contribution >= 0.6 is 0 Å². The second-order valence-corrected chi connectivity index (χ2v) is 6.76. The highest BCUT2D eigenvalue weighted by molar-refractivity contribution is 6.45. The van der Waals surface area contributed by atoms with Crippen LogP contribution in [-0.2, 0) is 14.4 Å². The van der Waals surface area contributed by atoms with Crippen LogP contribution in [0.15, 0.2) is 24.3 Å². The Hall–Kier alpha value is -2.97. The van der Waals surface area contributed by atoms with Crippen molar-refractivity contribution in [2.45, 2.75) is 19.9 Å². The molecule has 2 fully saturated rings. The van der Waals surface area contributed by atoms with Crippen molar-refractivity contribution in [3.05, 3.63) is 30.1 Å². The number of anilines is 1. The van der Waals surface area contributed by atoms with Gasteiger partial charge < -0.3 is 9.80 Å². The molecule has 144 valence electrons. The van der Waals surface area contributed by atoms with Crippen molar-refractivity contribution >= 4 is 29.4 Å². The van der Waals surface area contributed by atoms with Crippen molar-refractivity contribution < 1.29 is 23.6 Å². The van der Waals surface area contributed by atoms with E-state index < -0.39 is 36.3 Å². The third kappa shape index (κ3) is 3.49. The maximum absolute atomic E-state index is 13.9. The van der Waals surface area contributed by atoms with Gasteiger partial charge in [0, 0.05) is 32.2 Å². The molecule has 0 atom stereocenters. The highest BCUT2D eigenvalue weighted by Crippen LogP contribution is 2.21. The summed E-state index contributed by atoms with van der Waals surface area (Å²) < 4.78 is 13.9. The Balaban J connectivity index is 1.60. The normalized spacial score (nSPS) is 18.1. The predicted octanol–water partition coefficient (Wildman–Crippen LogP) is 0.673. The minimum absolute atomic E-state index is 0.321. The first-order chi connectivity index (χ1) is 12.8. The number of para-hydroxylation sites is 1. The minimum atomic E-state index is -0.980. The highest BCUT2D eigenvalue weighted by atomic mass is 19.1. The number of rotatable bonds is 4. The van der Waals surface area contributed by atoms with E-state index in [9.17, 15) is 23.6 Å². The van der Waals surface area contributed by atoms with Gasteiger partial charge in [-0.2, -0.15) is 0 Å². The summed E-state index contributed by atoms with van der Waals surface area (Å²) in [7, 11) is 0. The summed E-state index contributed by atoms with van der Waals surface area (Å²) in [5.41, 5.74) is 0.479. The Bertz CT molecular complexity index is 789. The molecule has 27 heavy (non-hydrogen) atoms. The van der Waals surface area contributed by atoms with Crippen LogP contribution in [0.25, 0.3) is 0 Å². The van der Waals surface area contributed by atoms with Crippen LogP contribution in [0.5, 0.6) is 0 Å². The third-order valence-corrected chi connectivity index (χ3v) is 4.72. The number of urea groups is 1. The molecule has 1 aromatic rings. The van der Waals surface area contributed by atoms with E-state index in [1.165, 1.54) is 11.0 Å². The average Bonchev–Trinajstić information content (AvgIpc) is 2.85. The number of hydrogen-bond acceptors (Lipinski definition) is 5. The number of amides is 5. The highest BCUT2D eigenvalue weighted by Gasteiger charge is 2.46. The number of halogens is 1. The smallest absolute Gasteiger partial charge is 0.334 e. The van der Waals surface area contributed by atoms with Crippen molar-refractivity contribution in [3.8, 4) is 0 Å². The number of piperazine rings is 1. The fourth-order valence-electron chi connectivity index (χ4n) is 3.26. The van der Waals surface area contributed by atoms with E-state index in [-0.39, 0.29) is 5.82 Å². The Morgan fingerprint density at radius 2 is 1.67 bits per heavy atom. The van der Waals surface area contributed by atoms with Crippen LogP contribution in [0, 0.1) is 5.82 Å². The van der Waals surface area contributed by atoms with Crippen molar-refractivity contribution in [1.82, 2.24) is 14.7 Å². The minimum Gasteiger partial charge on any atom is -0.366 e. The van der Waals surface area contributed by atoms with Gasteiger partial charge in [0.2, 0.25) is 5.91 Å². The van der Waals surface area contributed by atoms with Crippen LogP contribution < -0.4 is 4.90 Å². The SMILES string of the molecule is CC(C)N1C(=O)C(=O)N(CC(=O)N2CCN(c3ccccc3F)CC2)C1=O. The number of carbonyl (C=O) groups excluding carboxylic acids is 4. The quantitative estimate of drug-likeness (QED) is 0.570. The molecular weight excluding hydrogens is 355 g/mol. The molecule has 1 aromatic carbocycles. The van der Waals surface area contributed by atoms with Gasteiger partial charge in [0.15, 0.2) is 0 Å². The summed E-state index contributed by atoms with van der Waals surface area (Å²) >= 11 is 0. The van der Waals surface area contributed by atoms with Crippen LogP contribution in [0.4, 0.5) is 14.9 Å². The van der Waals surface area contributed by atoms with Crippen molar-refractivity contribution in [1.29, 1.82) is 0 Å². The van der Waals surface area contributed by atoms with E-state index in [1.54, 1.807) is 32.0 Å². The van der Waals surface area contributed by atoms with Gasteiger partial charge in [0.25, 0.3) is 0 Å². The fourth-order valence-corrected chi connectivity index (χ4v) is 3.26. The molecule has 9 heteroatoms. The second-order valence-electron chi connectivity index (χ2n) is 6.76. The van der Waals surface area contributed by atoms with Gasteiger partial charge >= 0.3 is 17.8 Å². The monoisotopic (exact) mass is 376 g/mol. The lowest BCUT2D eigenvalue weighted by Gasteiger charge is -2.36. The van der Waals surface area contributed by atoms with Gasteiger partial charge in [-0.05, 0) is 26.0 Å². The number of carbonyl (C=O) groups is 4. The maximum Gasteiger partial charge on any atom is 0.334 e. The Morgan fingerprint density at radius 1 is 1.04 bits per heavy atom. The van der Waals surface area contributed by atoms with Gasteiger partial charge in [0.1, 0.15) is 12.4 Å². The first-order valence-electron chi connectivity index (χ1n) is 8.77. The third-order valence-electron chi connectivity index (χ3n) is 4.72. The zero-order chi connectivity index (χ0) is 19.7.